The Labute approximate surface area is 190 Å². The molecule has 0 saturated heterocycles. The summed E-state index contributed by atoms with van der Waals surface area (Å²) >= 11 is 0. The lowest BCUT2D eigenvalue weighted by Crippen LogP contribution is -2.38. The average Bonchev–Trinajstić information content (AvgIpc) is 3.35. The largest absolute Gasteiger partial charge is 0.390 e. The van der Waals surface area contributed by atoms with Crippen LogP contribution in [0.1, 0.15) is 44.9 Å². The SMILES string of the molecule is CC[C@]1(O)CC[C@@H](Nc2ncc3c(-c4ccc5nc(C)n(CC(F)F)c5c4)c[nH]c3n2)CC1. The predicted molar refractivity (Wildman–Crippen MR) is 124 cm³/mol. The van der Waals surface area contributed by atoms with Crippen LogP contribution in [-0.4, -0.2) is 47.7 Å². The topological polar surface area (TPSA) is 91.6 Å². The van der Waals surface area contributed by atoms with Crippen molar-refractivity contribution in [2.24, 2.45) is 0 Å². The van der Waals surface area contributed by atoms with E-state index in [1.807, 2.05) is 31.3 Å². The van der Waals surface area contributed by atoms with Gasteiger partial charge < -0.3 is 20.0 Å². The summed E-state index contributed by atoms with van der Waals surface area (Å²) in [5.41, 5.74) is 3.35. The van der Waals surface area contributed by atoms with Crippen LogP contribution in [0.25, 0.3) is 33.2 Å². The maximum atomic E-state index is 13.1. The molecule has 5 rings (SSSR count). The van der Waals surface area contributed by atoms with E-state index in [9.17, 15) is 13.9 Å². The van der Waals surface area contributed by atoms with E-state index in [1.54, 1.807) is 17.7 Å². The number of H-pyrrole nitrogens is 1. The summed E-state index contributed by atoms with van der Waals surface area (Å²) in [5, 5.41) is 14.7. The maximum absolute atomic E-state index is 13.1. The van der Waals surface area contributed by atoms with Crippen molar-refractivity contribution in [3.63, 3.8) is 0 Å². The van der Waals surface area contributed by atoms with Gasteiger partial charge in [-0.15, -0.1) is 0 Å². The van der Waals surface area contributed by atoms with Gasteiger partial charge in [0.1, 0.15) is 11.5 Å². The number of nitrogens with one attached hydrogen (secondary N) is 2. The monoisotopic (exact) mass is 454 g/mol. The second kappa shape index (κ2) is 8.37. The molecule has 33 heavy (non-hydrogen) atoms. The van der Waals surface area contributed by atoms with Crippen molar-refractivity contribution < 1.29 is 13.9 Å². The molecule has 0 amide bonds. The highest BCUT2D eigenvalue weighted by Gasteiger charge is 2.31. The fourth-order valence-electron chi connectivity index (χ4n) is 4.83. The first-order valence-electron chi connectivity index (χ1n) is 11.4. The van der Waals surface area contributed by atoms with Gasteiger partial charge in [0.25, 0.3) is 6.43 Å². The second-order valence-corrected chi connectivity index (χ2v) is 9.02. The molecule has 1 aliphatic carbocycles. The minimum Gasteiger partial charge on any atom is -0.390 e. The molecule has 174 valence electrons. The van der Waals surface area contributed by atoms with E-state index in [1.165, 1.54) is 0 Å². The van der Waals surface area contributed by atoms with Crippen LogP contribution in [-0.2, 0) is 6.54 Å². The molecule has 3 aromatic heterocycles. The molecule has 0 spiro atoms. The van der Waals surface area contributed by atoms with Crippen LogP contribution < -0.4 is 5.32 Å². The van der Waals surface area contributed by atoms with Gasteiger partial charge in [-0.05, 0) is 56.7 Å². The van der Waals surface area contributed by atoms with E-state index in [2.05, 4.69) is 25.3 Å². The highest BCUT2D eigenvalue weighted by atomic mass is 19.3. The number of aliphatic hydroxyl groups is 1. The standard InChI is InChI=1S/C24H28F2N6O/c1-3-24(33)8-6-16(7-9-24)30-23-28-12-18-17(11-27-22(18)31-23)15-4-5-19-20(10-15)32(13-21(25)26)14(2)29-19/h4-5,10-12,16,21,33H,3,6-9,13H2,1-2H3,(H2,27,28,30,31)/t16-,24+. The number of aromatic nitrogens is 5. The highest BCUT2D eigenvalue weighted by Crippen LogP contribution is 2.33. The van der Waals surface area contributed by atoms with Crippen LogP contribution in [0.3, 0.4) is 0 Å². The highest BCUT2D eigenvalue weighted by molar-refractivity contribution is 5.95. The Hall–Kier alpha value is -3.07. The smallest absolute Gasteiger partial charge is 0.256 e. The second-order valence-electron chi connectivity index (χ2n) is 9.02. The maximum Gasteiger partial charge on any atom is 0.256 e. The molecule has 9 heteroatoms. The number of aromatic amines is 1. The third-order valence-corrected chi connectivity index (χ3v) is 6.91. The molecule has 1 saturated carbocycles. The van der Waals surface area contributed by atoms with E-state index in [4.69, 9.17) is 0 Å². The third kappa shape index (κ3) is 4.17. The molecule has 1 aromatic carbocycles. The summed E-state index contributed by atoms with van der Waals surface area (Å²) in [6.07, 6.45) is 5.31. The first-order valence-corrected chi connectivity index (χ1v) is 11.4. The molecule has 0 bridgehead atoms. The zero-order valence-corrected chi connectivity index (χ0v) is 18.8. The molecule has 1 aliphatic rings. The fraction of sp³-hybridized carbons (Fsp3) is 0.458. The van der Waals surface area contributed by atoms with Crippen LogP contribution >= 0.6 is 0 Å². The van der Waals surface area contributed by atoms with Crippen molar-refractivity contribution in [3.8, 4) is 11.1 Å². The first kappa shape index (κ1) is 21.8. The van der Waals surface area contributed by atoms with E-state index < -0.39 is 12.0 Å². The van der Waals surface area contributed by atoms with E-state index >= 15 is 0 Å². The Morgan fingerprint density at radius 2 is 2.06 bits per heavy atom. The van der Waals surface area contributed by atoms with Gasteiger partial charge in [-0.25, -0.2) is 18.7 Å². The molecule has 4 aromatic rings. The summed E-state index contributed by atoms with van der Waals surface area (Å²) in [7, 11) is 0. The number of benzene rings is 1. The summed E-state index contributed by atoms with van der Waals surface area (Å²) in [6, 6.07) is 5.93. The number of hydrogen-bond acceptors (Lipinski definition) is 5. The van der Waals surface area contributed by atoms with Gasteiger partial charge in [0.15, 0.2) is 0 Å². The van der Waals surface area contributed by atoms with E-state index in [-0.39, 0.29) is 12.6 Å². The number of rotatable bonds is 6. The Kier molecular flexibility index (Phi) is 5.52. The first-order chi connectivity index (χ1) is 15.8. The summed E-state index contributed by atoms with van der Waals surface area (Å²) in [6.45, 7) is 3.39. The number of aryl methyl sites for hydroxylation is 1. The van der Waals surface area contributed by atoms with Crippen molar-refractivity contribution in [1.29, 1.82) is 0 Å². The molecule has 0 atom stereocenters. The number of anilines is 1. The van der Waals surface area contributed by atoms with Crippen molar-refractivity contribution in [3.05, 3.63) is 36.4 Å². The summed E-state index contributed by atoms with van der Waals surface area (Å²) < 4.78 is 27.7. The predicted octanol–water partition coefficient (Wildman–Crippen LogP) is 5.04. The van der Waals surface area contributed by atoms with E-state index in [0.717, 1.165) is 48.6 Å². The lowest BCUT2D eigenvalue weighted by atomic mass is 9.80. The van der Waals surface area contributed by atoms with Crippen LogP contribution in [0.4, 0.5) is 14.7 Å². The van der Waals surface area contributed by atoms with Crippen molar-refractivity contribution in [2.75, 3.05) is 5.32 Å². The molecule has 0 unspecified atom stereocenters. The number of alkyl halides is 2. The molecular formula is C24H28F2N6O. The average molecular weight is 455 g/mol. The van der Waals surface area contributed by atoms with Gasteiger partial charge in [-0.3, -0.25) is 0 Å². The van der Waals surface area contributed by atoms with Crippen LogP contribution in [0.15, 0.2) is 30.6 Å². The number of imidazole rings is 1. The molecule has 0 radical (unpaired) electrons. The Morgan fingerprint density at radius 1 is 1.27 bits per heavy atom. The van der Waals surface area contributed by atoms with Crippen LogP contribution in [0, 0.1) is 6.92 Å². The molecule has 3 N–H and O–H groups in total. The molecule has 1 fully saturated rings. The van der Waals surface area contributed by atoms with Gasteiger partial charge in [0.2, 0.25) is 5.95 Å². The molecule has 7 nitrogen and oxygen atoms in total. The van der Waals surface area contributed by atoms with Gasteiger partial charge in [-0.1, -0.05) is 13.0 Å². The molecule has 0 aliphatic heterocycles. The normalized spacial score (nSPS) is 21.3. The number of hydrogen-bond donors (Lipinski definition) is 3. The number of fused-ring (bicyclic) bond motifs is 2. The zero-order chi connectivity index (χ0) is 23.2. The van der Waals surface area contributed by atoms with Gasteiger partial charge >= 0.3 is 0 Å². The van der Waals surface area contributed by atoms with Crippen molar-refractivity contribution in [1.82, 2.24) is 24.5 Å². The Morgan fingerprint density at radius 3 is 2.79 bits per heavy atom. The fourth-order valence-corrected chi connectivity index (χ4v) is 4.83. The number of halogens is 2. The minimum atomic E-state index is -2.45. The van der Waals surface area contributed by atoms with Crippen molar-refractivity contribution >= 4 is 28.0 Å². The lowest BCUT2D eigenvalue weighted by molar-refractivity contribution is -0.00198. The summed E-state index contributed by atoms with van der Waals surface area (Å²) in [5.74, 6) is 1.13. The van der Waals surface area contributed by atoms with Crippen molar-refractivity contribution in [2.45, 2.75) is 70.6 Å². The summed E-state index contributed by atoms with van der Waals surface area (Å²) in [4.78, 5) is 16.8. The van der Waals surface area contributed by atoms with E-state index in [0.29, 0.717) is 28.5 Å². The zero-order valence-electron chi connectivity index (χ0n) is 18.8. The van der Waals surface area contributed by atoms with Gasteiger partial charge in [-0.2, -0.15) is 4.98 Å². The third-order valence-electron chi connectivity index (χ3n) is 6.91. The molecule has 3 heterocycles. The van der Waals surface area contributed by atoms with Gasteiger partial charge in [0.05, 0.1) is 23.2 Å². The Balaban J connectivity index is 1.40. The lowest BCUT2D eigenvalue weighted by Gasteiger charge is -2.35. The van der Waals surface area contributed by atoms with Crippen LogP contribution in [0.2, 0.25) is 0 Å². The van der Waals surface area contributed by atoms with Gasteiger partial charge in [0, 0.05) is 29.4 Å². The van der Waals surface area contributed by atoms with Crippen LogP contribution in [0.5, 0.6) is 0 Å². The Bertz CT molecular complexity index is 1290. The molecular weight excluding hydrogens is 426 g/mol. The minimum absolute atomic E-state index is 0.240. The number of nitrogens with zero attached hydrogens (tertiary/aromatic N) is 4. The quantitative estimate of drug-likeness (QED) is 0.380.